The fourth-order valence-electron chi connectivity index (χ4n) is 3.53. The van der Waals surface area contributed by atoms with E-state index >= 15 is 0 Å². The molecule has 1 aliphatic heterocycles. The summed E-state index contributed by atoms with van der Waals surface area (Å²) in [5.41, 5.74) is 1.55. The third-order valence-corrected chi connectivity index (χ3v) is 6.15. The first-order valence-corrected chi connectivity index (χ1v) is 10.5. The number of carbonyl (C=O) groups is 1. The molecule has 158 valence electrons. The van der Waals surface area contributed by atoms with Crippen LogP contribution in [0.2, 0.25) is 0 Å². The van der Waals surface area contributed by atoms with Gasteiger partial charge in [0.05, 0.1) is 22.2 Å². The zero-order valence-corrected chi connectivity index (χ0v) is 17.2. The summed E-state index contributed by atoms with van der Waals surface area (Å²) in [6.45, 7) is 5.25. The first kappa shape index (κ1) is 20.2. The lowest BCUT2D eigenvalue weighted by atomic mass is 10.2. The summed E-state index contributed by atoms with van der Waals surface area (Å²) < 4.78 is 6.48. The molecule has 11 heteroatoms. The molecule has 1 amide bonds. The van der Waals surface area contributed by atoms with Gasteiger partial charge in [0.15, 0.2) is 10.7 Å². The van der Waals surface area contributed by atoms with Crippen molar-refractivity contribution in [2.45, 2.75) is 39.3 Å². The first-order chi connectivity index (χ1) is 14.4. The lowest BCUT2D eigenvalue weighted by molar-refractivity contribution is -0.384. The molecule has 0 fully saturated rings. The van der Waals surface area contributed by atoms with E-state index in [0.717, 1.165) is 31.7 Å². The van der Waals surface area contributed by atoms with E-state index in [-0.39, 0.29) is 30.1 Å². The highest BCUT2D eigenvalue weighted by Gasteiger charge is 2.20. The van der Waals surface area contributed by atoms with E-state index < -0.39 is 10.7 Å². The van der Waals surface area contributed by atoms with Crippen LogP contribution in [0.5, 0.6) is 0 Å². The number of nitro groups is 1. The maximum Gasteiger partial charge on any atom is 0.419 e. The zero-order chi connectivity index (χ0) is 21.3. The van der Waals surface area contributed by atoms with Crippen LogP contribution in [0.4, 0.5) is 10.8 Å². The highest BCUT2D eigenvalue weighted by molar-refractivity contribution is 7.15. The van der Waals surface area contributed by atoms with Gasteiger partial charge in [0, 0.05) is 43.4 Å². The monoisotopic (exact) mass is 431 g/mol. The summed E-state index contributed by atoms with van der Waals surface area (Å²) >= 11 is 1.51. The van der Waals surface area contributed by atoms with E-state index in [4.69, 9.17) is 4.42 Å². The summed E-state index contributed by atoms with van der Waals surface area (Å²) in [4.78, 5) is 42.7. The molecule has 3 aromatic rings. The highest BCUT2D eigenvalue weighted by Crippen LogP contribution is 2.28. The lowest BCUT2D eigenvalue weighted by Crippen LogP contribution is -2.29. The number of benzene rings is 1. The average molecular weight is 431 g/mol. The molecule has 1 aromatic carbocycles. The molecule has 0 radical (unpaired) electrons. The Hall–Kier alpha value is -3.05. The molecule has 0 aliphatic carbocycles. The predicted molar refractivity (Wildman–Crippen MR) is 112 cm³/mol. The van der Waals surface area contributed by atoms with E-state index in [2.05, 4.69) is 22.1 Å². The summed E-state index contributed by atoms with van der Waals surface area (Å²) in [6.07, 6.45) is 1.54. The van der Waals surface area contributed by atoms with Gasteiger partial charge in [0.25, 0.3) is 5.69 Å². The minimum absolute atomic E-state index is 0.143. The number of nitrogens with zero attached hydrogens (tertiary/aromatic N) is 4. The van der Waals surface area contributed by atoms with Gasteiger partial charge in [-0.3, -0.25) is 24.4 Å². The number of fused-ring (bicyclic) bond motifs is 2. The molecule has 10 nitrogen and oxygen atoms in total. The number of non-ortho nitro benzene ring substituents is 1. The lowest BCUT2D eigenvalue weighted by Gasteiger charge is -2.23. The maximum atomic E-state index is 12.3. The summed E-state index contributed by atoms with van der Waals surface area (Å²) in [7, 11) is 0. The zero-order valence-electron chi connectivity index (χ0n) is 16.4. The topological polar surface area (TPSA) is 124 Å². The van der Waals surface area contributed by atoms with Crippen molar-refractivity contribution in [1.82, 2.24) is 14.5 Å². The van der Waals surface area contributed by atoms with Crippen LogP contribution in [-0.2, 0) is 24.3 Å². The van der Waals surface area contributed by atoms with E-state index in [1.54, 1.807) is 0 Å². The van der Waals surface area contributed by atoms with Crippen molar-refractivity contribution in [3.05, 3.63) is 49.4 Å². The molecule has 0 saturated carbocycles. The van der Waals surface area contributed by atoms with Crippen LogP contribution >= 0.6 is 11.3 Å². The van der Waals surface area contributed by atoms with Gasteiger partial charge in [0.2, 0.25) is 5.91 Å². The molecule has 2 aromatic heterocycles. The SMILES string of the molecule is CCN1CCc2nc(NC(=O)CCCn3c(=O)oc4cc([N+](=O)[O-])ccc43)sc2C1. The normalized spacial score (nSPS) is 14.0. The van der Waals surface area contributed by atoms with Crippen LogP contribution in [0.3, 0.4) is 0 Å². The minimum atomic E-state index is -0.598. The number of likely N-dealkylation sites (N-methyl/N-ethyl adjacent to an activating group) is 1. The summed E-state index contributed by atoms with van der Waals surface area (Å²) in [5.74, 6) is -0.760. The molecule has 1 aliphatic rings. The van der Waals surface area contributed by atoms with Gasteiger partial charge in [0.1, 0.15) is 0 Å². The van der Waals surface area contributed by atoms with Gasteiger partial charge < -0.3 is 9.73 Å². The number of rotatable bonds is 7. The van der Waals surface area contributed by atoms with Crippen LogP contribution in [0.25, 0.3) is 11.1 Å². The third kappa shape index (κ3) is 4.12. The van der Waals surface area contributed by atoms with Crippen LogP contribution in [0.1, 0.15) is 30.3 Å². The number of nitrogens with one attached hydrogen (secondary N) is 1. The molecule has 0 unspecified atom stereocenters. The van der Waals surface area contributed by atoms with E-state index in [9.17, 15) is 19.7 Å². The molecule has 0 atom stereocenters. The number of amides is 1. The number of aromatic nitrogens is 2. The predicted octanol–water partition coefficient (Wildman–Crippen LogP) is 2.76. The first-order valence-electron chi connectivity index (χ1n) is 9.73. The largest absolute Gasteiger partial charge is 0.419 e. The van der Waals surface area contributed by atoms with E-state index in [0.29, 0.717) is 17.1 Å². The standard InChI is InChI=1S/C19H21N5O5S/c1-2-22-9-7-13-16(11-22)30-18(20-13)21-17(25)4-3-8-23-14-6-5-12(24(27)28)10-15(14)29-19(23)26/h5-6,10H,2-4,7-9,11H2,1H3,(H,20,21,25). The smallest absolute Gasteiger partial charge is 0.407 e. The third-order valence-electron chi connectivity index (χ3n) is 5.15. The molecule has 0 bridgehead atoms. The molecule has 0 saturated heterocycles. The van der Waals surface area contributed by atoms with Crippen LogP contribution in [-0.4, -0.2) is 38.4 Å². The second kappa shape index (κ2) is 8.36. The van der Waals surface area contributed by atoms with Crippen LogP contribution in [0.15, 0.2) is 27.4 Å². The fourth-order valence-corrected chi connectivity index (χ4v) is 4.60. The second-order valence-corrected chi connectivity index (χ2v) is 8.17. The number of hydrogen-bond acceptors (Lipinski definition) is 8. The number of nitro benzene ring substituents is 1. The summed E-state index contributed by atoms with van der Waals surface area (Å²) in [6, 6.07) is 4.03. The maximum absolute atomic E-state index is 12.3. The average Bonchev–Trinajstić information content (AvgIpc) is 3.26. The number of oxazole rings is 1. The number of hydrogen-bond donors (Lipinski definition) is 1. The number of thiazole rings is 1. The highest BCUT2D eigenvalue weighted by atomic mass is 32.1. The Morgan fingerprint density at radius 3 is 3.03 bits per heavy atom. The van der Waals surface area contributed by atoms with E-state index in [1.807, 2.05) is 0 Å². The second-order valence-electron chi connectivity index (χ2n) is 7.09. The van der Waals surface area contributed by atoms with Crippen molar-refractivity contribution in [2.24, 2.45) is 0 Å². The van der Waals surface area contributed by atoms with Gasteiger partial charge in [-0.25, -0.2) is 9.78 Å². The van der Waals surface area contributed by atoms with Crippen LogP contribution in [0, 0.1) is 10.1 Å². The van der Waals surface area contributed by atoms with Crippen molar-refractivity contribution < 1.29 is 14.1 Å². The summed E-state index contributed by atoms with van der Waals surface area (Å²) in [5, 5.41) is 14.3. The van der Waals surface area contributed by atoms with Gasteiger partial charge in [-0.2, -0.15) is 0 Å². The Bertz CT molecular complexity index is 1160. The molecule has 4 rings (SSSR count). The molecule has 3 heterocycles. The van der Waals surface area contributed by atoms with E-state index in [1.165, 1.54) is 39.0 Å². The fraction of sp³-hybridized carbons (Fsp3) is 0.421. The molecular formula is C19H21N5O5S. The minimum Gasteiger partial charge on any atom is -0.407 e. The van der Waals surface area contributed by atoms with Crippen molar-refractivity contribution in [3.8, 4) is 0 Å². The van der Waals surface area contributed by atoms with Gasteiger partial charge in [-0.05, 0) is 19.0 Å². The number of aryl methyl sites for hydroxylation is 1. The Morgan fingerprint density at radius 1 is 1.43 bits per heavy atom. The van der Waals surface area contributed by atoms with Gasteiger partial charge in [-0.1, -0.05) is 6.92 Å². The molecular weight excluding hydrogens is 410 g/mol. The Morgan fingerprint density at radius 2 is 2.27 bits per heavy atom. The Balaban J connectivity index is 1.35. The Kier molecular flexibility index (Phi) is 5.64. The number of anilines is 1. The quantitative estimate of drug-likeness (QED) is 0.451. The van der Waals surface area contributed by atoms with Crippen molar-refractivity contribution in [2.75, 3.05) is 18.4 Å². The van der Waals surface area contributed by atoms with Crippen molar-refractivity contribution in [1.29, 1.82) is 0 Å². The van der Waals surface area contributed by atoms with Gasteiger partial charge >= 0.3 is 5.76 Å². The van der Waals surface area contributed by atoms with Crippen molar-refractivity contribution >= 4 is 39.2 Å². The molecule has 1 N–H and O–H groups in total. The van der Waals surface area contributed by atoms with Crippen molar-refractivity contribution in [3.63, 3.8) is 0 Å². The van der Waals surface area contributed by atoms with Crippen LogP contribution < -0.4 is 11.1 Å². The Labute approximate surface area is 175 Å². The molecule has 0 spiro atoms. The number of carbonyl (C=O) groups excluding carboxylic acids is 1. The molecule has 30 heavy (non-hydrogen) atoms. The van der Waals surface area contributed by atoms with Gasteiger partial charge in [-0.15, -0.1) is 11.3 Å².